The number of piperazine rings is 1. The van der Waals surface area contributed by atoms with Gasteiger partial charge in [-0.1, -0.05) is 30.3 Å². The molecular formula is C22H24ClN3O2. The van der Waals surface area contributed by atoms with Crippen LogP contribution in [0.4, 0.5) is 11.4 Å². The fraction of sp³-hybridized carbons (Fsp3) is 0.364. The number of benzene rings is 2. The molecular weight excluding hydrogens is 374 g/mol. The van der Waals surface area contributed by atoms with E-state index in [0.29, 0.717) is 6.54 Å². The lowest BCUT2D eigenvalue weighted by molar-refractivity contribution is -0.120. The first-order chi connectivity index (χ1) is 13.6. The van der Waals surface area contributed by atoms with Crippen molar-refractivity contribution in [3.8, 4) is 0 Å². The van der Waals surface area contributed by atoms with Gasteiger partial charge in [0.2, 0.25) is 11.1 Å². The highest BCUT2D eigenvalue weighted by molar-refractivity contribution is 6.64. The standard InChI is InChI=1S/C22H24ClN3O2/c23-22(28)18-14-21(27)26(16-18)20-8-6-19(7-9-20)25-12-10-24(11-13-25)15-17-4-2-1-3-5-17/h1-9,18H,10-16H2/t18-/m0/s1. The number of halogens is 1. The summed E-state index contributed by atoms with van der Waals surface area (Å²) in [6, 6.07) is 18.6. The number of carbonyl (C=O) groups is 2. The average molecular weight is 398 g/mol. The van der Waals surface area contributed by atoms with Crippen LogP contribution in [0.5, 0.6) is 0 Å². The van der Waals surface area contributed by atoms with Crippen molar-refractivity contribution in [3.63, 3.8) is 0 Å². The number of rotatable bonds is 5. The van der Waals surface area contributed by atoms with Crippen molar-refractivity contribution in [1.29, 1.82) is 0 Å². The van der Waals surface area contributed by atoms with Gasteiger partial charge in [-0.15, -0.1) is 0 Å². The normalized spacial score (nSPS) is 20.6. The minimum Gasteiger partial charge on any atom is -0.369 e. The quantitative estimate of drug-likeness (QED) is 0.727. The third kappa shape index (κ3) is 4.21. The Balaban J connectivity index is 1.34. The van der Waals surface area contributed by atoms with Crippen LogP contribution < -0.4 is 9.80 Å². The van der Waals surface area contributed by atoms with Gasteiger partial charge < -0.3 is 9.80 Å². The Kier molecular flexibility index (Phi) is 5.64. The topological polar surface area (TPSA) is 43.9 Å². The van der Waals surface area contributed by atoms with E-state index in [2.05, 4.69) is 52.3 Å². The fourth-order valence-corrected chi connectivity index (χ4v) is 4.10. The highest BCUT2D eigenvalue weighted by Gasteiger charge is 2.34. The largest absolute Gasteiger partial charge is 0.369 e. The SMILES string of the molecule is O=C(Cl)[C@H]1CC(=O)N(c2ccc(N3CCN(Cc4ccccc4)CC3)cc2)C1. The molecule has 0 spiro atoms. The molecule has 0 aliphatic carbocycles. The van der Waals surface area contributed by atoms with E-state index in [1.807, 2.05) is 12.1 Å². The minimum absolute atomic E-state index is 0.0405. The third-order valence-corrected chi connectivity index (χ3v) is 5.90. The molecule has 2 fully saturated rings. The molecule has 0 N–H and O–H groups in total. The van der Waals surface area contributed by atoms with Crippen LogP contribution in [-0.2, 0) is 16.1 Å². The Morgan fingerprint density at radius 3 is 2.18 bits per heavy atom. The van der Waals surface area contributed by atoms with Gasteiger partial charge in [-0.2, -0.15) is 0 Å². The van der Waals surface area contributed by atoms with E-state index in [1.54, 1.807) is 4.90 Å². The summed E-state index contributed by atoms with van der Waals surface area (Å²) in [6.07, 6.45) is 0.202. The van der Waals surface area contributed by atoms with Crippen molar-refractivity contribution in [2.24, 2.45) is 5.92 Å². The lowest BCUT2D eigenvalue weighted by Gasteiger charge is -2.36. The molecule has 2 aromatic carbocycles. The van der Waals surface area contributed by atoms with Gasteiger partial charge in [-0.3, -0.25) is 14.5 Å². The Bertz CT molecular complexity index is 833. The zero-order valence-corrected chi connectivity index (χ0v) is 16.5. The monoisotopic (exact) mass is 397 g/mol. The highest BCUT2D eigenvalue weighted by Crippen LogP contribution is 2.28. The van der Waals surface area contributed by atoms with Gasteiger partial charge in [-0.25, -0.2) is 0 Å². The van der Waals surface area contributed by atoms with E-state index < -0.39 is 11.2 Å². The van der Waals surface area contributed by atoms with Crippen molar-refractivity contribution in [2.45, 2.75) is 13.0 Å². The van der Waals surface area contributed by atoms with E-state index in [-0.39, 0.29) is 12.3 Å². The second-order valence-electron chi connectivity index (χ2n) is 7.47. The molecule has 2 aliphatic rings. The average Bonchev–Trinajstić information content (AvgIpc) is 3.12. The van der Waals surface area contributed by atoms with E-state index in [9.17, 15) is 9.59 Å². The van der Waals surface area contributed by atoms with Crippen LogP contribution in [0.1, 0.15) is 12.0 Å². The lowest BCUT2D eigenvalue weighted by Crippen LogP contribution is -2.45. The zero-order chi connectivity index (χ0) is 19.5. The van der Waals surface area contributed by atoms with Crippen LogP contribution in [-0.4, -0.2) is 48.8 Å². The molecule has 2 aromatic rings. The van der Waals surface area contributed by atoms with Gasteiger partial charge in [0, 0.05) is 57.1 Å². The van der Waals surface area contributed by atoms with Crippen molar-refractivity contribution < 1.29 is 9.59 Å². The predicted octanol–water partition coefficient (Wildman–Crippen LogP) is 3.13. The van der Waals surface area contributed by atoms with Gasteiger partial charge in [0.15, 0.2) is 0 Å². The van der Waals surface area contributed by atoms with Crippen LogP contribution in [0.25, 0.3) is 0 Å². The minimum atomic E-state index is -0.430. The molecule has 4 rings (SSSR count). The summed E-state index contributed by atoms with van der Waals surface area (Å²) in [6.45, 7) is 5.39. The Morgan fingerprint density at radius 2 is 1.57 bits per heavy atom. The number of nitrogens with zero attached hydrogens (tertiary/aromatic N) is 3. The maximum absolute atomic E-state index is 12.2. The van der Waals surface area contributed by atoms with Crippen LogP contribution in [0.2, 0.25) is 0 Å². The van der Waals surface area contributed by atoms with Crippen molar-refractivity contribution in [3.05, 3.63) is 60.2 Å². The third-order valence-electron chi connectivity index (χ3n) is 5.59. The smallest absolute Gasteiger partial charge is 0.227 e. The summed E-state index contributed by atoms with van der Waals surface area (Å²) < 4.78 is 0. The molecule has 2 heterocycles. The Labute approximate surface area is 170 Å². The first kappa shape index (κ1) is 19.0. The second-order valence-corrected chi connectivity index (χ2v) is 7.85. The van der Waals surface area contributed by atoms with Crippen LogP contribution in [0.3, 0.4) is 0 Å². The summed E-state index contributed by atoms with van der Waals surface area (Å²) in [7, 11) is 0. The van der Waals surface area contributed by atoms with Crippen molar-refractivity contribution in [1.82, 2.24) is 4.90 Å². The molecule has 28 heavy (non-hydrogen) atoms. The van der Waals surface area contributed by atoms with Crippen molar-refractivity contribution >= 4 is 34.1 Å². The van der Waals surface area contributed by atoms with Crippen LogP contribution in [0.15, 0.2) is 54.6 Å². The molecule has 146 valence electrons. The molecule has 0 saturated carbocycles. The molecule has 2 aliphatic heterocycles. The summed E-state index contributed by atoms with van der Waals surface area (Å²) in [5, 5.41) is -0.430. The maximum Gasteiger partial charge on any atom is 0.227 e. The highest BCUT2D eigenvalue weighted by atomic mass is 35.5. The van der Waals surface area contributed by atoms with Crippen LogP contribution in [0, 0.1) is 5.92 Å². The number of carbonyl (C=O) groups excluding carboxylic acids is 2. The number of hydrogen-bond acceptors (Lipinski definition) is 4. The van der Waals surface area contributed by atoms with Gasteiger partial charge in [0.05, 0.1) is 5.92 Å². The summed E-state index contributed by atoms with van der Waals surface area (Å²) >= 11 is 5.56. The van der Waals surface area contributed by atoms with Crippen molar-refractivity contribution in [2.75, 3.05) is 42.5 Å². The predicted molar refractivity (Wildman–Crippen MR) is 112 cm³/mol. The van der Waals surface area contributed by atoms with Gasteiger partial charge in [0.25, 0.3) is 0 Å². The maximum atomic E-state index is 12.2. The first-order valence-corrected chi connectivity index (χ1v) is 10.1. The molecule has 6 heteroatoms. The fourth-order valence-electron chi connectivity index (χ4n) is 3.96. The molecule has 0 unspecified atom stereocenters. The summed E-state index contributed by atoms with van der Waals surface area (Å²) in [5.74, 6) is -0.437. The summed E-state index contributed by atoms with van der Waals surface area (Å²) in [5.41, 5.74) is 3.35. The zero-order valence-electron chi connectivity index (χ0n) is 15.8. The van der Waals surface area contributed by atoms with Gasteiger partial charge in [0.1, 0.15) is 0 Å². The number of anilines is 2. The first-order valence-electron chi connectivity index (χ1n) is 9.71. The molecule has 1 amide bonds. The van der Waals surface area contributed by atoms with Gasteiger partial charge in [-0.05, 0) is 41.4 Å². The lowest BCUT2D eigenvalue weighted by atomic mass is 10.1. The molecule has 1 atom stereocenters. The number of amides is 1. The van der Waals surface area contributed by atoms with Gasteiger partial charge >= 0.3 is 0 Å². The summed E-state index contributed by atoms with van der Waals surface area (Å²) in [4.78, 5) is 30.0. The van der Waals surface area contributed by atoms with Crippen LogP contribution >= 0.6 is 11.6 Å². The number of hydrogen-bond donors (Lipinski definition) is 0. The molecule has 0 bridgehead atoms. The molecule has 5 nitrogen and oxygen atoms in total. The van der Waals surface area contributed by atoms with E-state index >= 15 is 0 Å². The molecule has 2 saturated heterocycles. The molecule has 0 aromatic heterocycles. The molecule has 0 radical (unpaired) electrons. The Morgan fingerprint density at radius 1 is 0.929 bits per heavy atom. The van der Waals surface area contributed by atoms with E-state index in [0.717, 1.165) is 38.4 Å². The van der Waals surface area contributed by atoms with E-state index in [1.165, 1.54) is 11.3 Å². The second kappa shape index (κ2) is 8.33. The Hall–Kier alpha value is -2.37. The van der Waals surface area contributed by atoms with E-state index in [4.69, 9.17) is 11.6 Å².